The summed E-state index contributed by atoms with van der Waals surface area (Å²) in [6.45, 7) is 13.8. The standard InChI is InChI=1S/C28H40N2O3/c1-27(2,3)19-33-26(31)30-23(20-11-9-8-10-12-20)14-16-25(30)29-18-21-17-22(28(4,5)6)13-15-24(21)32-7/h8-13,15,17,23,25,29H,14,16,18-19H2,1-7H3. The third-order valence-corrected chi connectivity index (χ3v) is 6.08. The van der Waals surface area contributed by atoms with Crippen molar-refractivity contribution < 1.29 is 14.3 Å². The molecule has 2 atom stereocenters. The van der Waals surface area contributed by atoms with Gasteiger partial charge in [-0.1, -0.05) is 84.0 Å². The molecule has 1 heterocycles. The van der Waals surface area contributed by atoms with Crippen LogP contribution in [0.1, 0.15) is 77.1 Å². The Kier molecular flexibility index (Phi) is 7.73. The summed E-state index contributed by atoms with van der Waals surface area (Å²) in [4.78, 5) is 15.1. The quantitative estimate of drug-likeness (QED) is 0.549. The van der Waals surface area contributed by atoms with E-state index in [2.05, 4.69) is 71.1 Å². The smallest absolute Gasteiger partial charge is 0.411 e. The van der Waals surface area contributed by atoms with E-state index in [1.807, 2.05) is 29.2 Å². The van der Waals surface area contributed by atoms with Crippen LogP contribution in [-0.4, -0.2) is 30.9 Å². The molecule has 1 N–H and O–H groups in total. The van der Waals surface area contributed by atoms with Crippen LogP contribution in [0.25, 0.3) is 0 Å². The first-order chi connectivity index (χ1) is 15.5. The summed E-state index contributed by atoms with van der Waals surface area (Å²) >= 11 is 0. The fourth-order valence-corrected chi connectivity index (χ4v) is 4.23. The minimum Gasteiger partial charge on any atom is -0.496 e. The second-order valence-electron chi connectivity index (χ2n) is 11.2. The van der Waals surface area contributed by atoms with Crippen LogP contribution < -0.4 is 10.1 Å². The van der Waals surface area contributed by atoms with Crippen molar-refractivity contribution in [3.8, 4) is 5.75 Å². The molecule has 1 fully saturated rings. The van der Waals surface area contributed by atoms with Gasteiger partial charge in [0.2, 0.25) is 0 Å². The highest BCUT2D eigenvalue weighted by Gasteiger charge is 2.39. The first-order valence-electron chi connectivity index (χ1n) is 11.9. The maximum absolute atomic E-state index is 13.2. The number of hydrogen-bond donors (Lipinski definition) is 1. The number of carbonyl (C=O) groups excluding carboxylic acids is 1. The molecule has 1 saturated heterocycles. The number of likely N-dealkylation sites (tertiary alicyclic amines) is 1. The van der Waals surface area contributed by atoms with Crippen molar-refractivity contribution in [2.75, 3.05) is 13.7 Å². The molecule has 1 amide bonds. The van der Waals surface area contributed by atoms with Crippen molar-refractivity contribution in [3.63, 3.8) is 0 Å². The molecule has 180 valence electrons. The molecule has 5 heteroatoms. The number of amides is 1. The SMILES string of the molecule is COc1ccc(C(C)(C)C)cc1CNC1CCC(c2ccccc2)N1C(=O)OCC(C)(C)C. The van der Waals surface area contributed by atoms with E-state index in [0.717, 1.165) is 29.7 Å². The third-order valence-electron chi connectivity index (χ3n) is 6.08. The van der Waals surface area contributed by atoms with Gasteiger partial charge in [-0.25, -0.2) is 4.79 Å². The maximum atomic E-state index is 13.2. The molecule has 5 nitrogen and oxygen atoms in total. The topological polar surface area (TPSA) is 50.8 Å². The average Bonchev–Trinajstić information content (AvgIpc) is 3.19. The molecular formula is C28H40N2O3. The fraction of sp³-hybridized carbons (Fsp3) is 0.536. The van der Waals surface area contributed by atoms with Crippen molar-refractivity contribution >= 4 is 6.09 Å². The summed E-state index contributed by atoms with van der Waals surface area (Å²) in [6, 6.07) is 16.6. The fourth-order valence-electron chi connectivity index (χ4n) is 4.23. The van der Waals surface area contributed by atoms with Gasteiger partial charge in [0.05, 0.1) is 25.9 Å². The van der Waals surface area contributed by atoms with Gasteiger partial charge in [0.15, 0.2) is 0 Å². The minimum atomic E-state index is -0.260. The lowest BCUT2D eigenvalue weighted by molar-refractivity contribution is 0.0530. The van der Waals surface area contributed by atoms with Gasteiger partial charge in [-0.2, -0.15) is 0 Å². The molecule has 0 radical (unpaired) electrons. The molecular weight excluding hydrogens is 412 g/mol. The zero-order valence-electron chi connectivity index (χ0n) is 21.3. The van der Waals surface area contributed by atoms with E-state index >= 15 is 0 Å². The van der Waals surface area contributed by atoms with Crippen LogP contribution in [-0.2, 0) is 16.7 Å². The Balaban J connectivity index is 1.81. The maximum Gasteiger partial charge on any atom is 0.411 e. The Morgan fingerprint density at radius 3 is 2.33 bits per heavy atom. The molecule has 33 heavy (non-hydrogen) atoms. The third kappa shape index (κ3) is 6.50. The van der Waals surface area contributed by atoms with Crippen LogP contribution in [0.2, 0.25) is 0 Å². The Morgan fingerprint density at radius 1 is 1.03 bits per heavy atom. The molecule has 1 aliphatic heterocycles. The second kappa shape index (κ2) is 10.2. The molecule has 0 saturated carbocycles. The summed E-state index contributed by atoms with van der Waals surface area (Å²) in [7, 11) is 1.70. The van der Waals surface area contributed by atoms with Gasteiger partial charge in [0, 0.05) is 12.1 Å². The predicted molar refractivity (Wildman–Crippen MR) is 133 cm³/mol. The molecule has 0 aromatic heterocycles. The molecule has 0 bridgehead atoms. The highest BCUT2D eigenvalue weighted by atomic mass is 16.6. The van der Waals surface area contributed by atoms with Crippen molar-refractivity contribution in [2.24, 2.45) is 5.41 Å². The van der Waals surface area contributed by atoms with Gasteiger partial charge in [-0.15, -0.1) is 0 Å². The van der Waals surface area contributed by atoms with E-state index in [1.165, 1.54) is 5.56 Å². The van der Waals surface area contributed by atoms with Crippen LogP contribution in [0.5, 0.6) is 5.75 Å². The molecule has 0 aliphatic carbocycles. The van der Waals surface area contributed by atoms with Gasteiger partial charge in [0.25, 0.3) is 0 Å². The average molecular weight is 453 g/mol. The van der Waals surface area contributed by atoms with Gasteiger partial charge >= 0.3 is 6.09 Å². The predicted octanol–water partition coefficient (Wildman–Crippen LogP) is 6.43. The molecule has 2 unspecified atom stereocenters. The Bertz CT molecular complexity index is 928. The summed E-state index contributed by atoms with van der Waals surface area (Å²) in [6.07, 6.45) is 1.39. The van der Waals surface area contributed by atoms with E-state index in [-0.39, 0.29) is 29.1 Å². The lowest BCUT2D eigenvalue weighted by atomic mass is 9.86. The number of nitrogens with zero attached hydrogens (tertiary/aromatic N) is 1. The van der Waals surface area contributed by atoms with Crippen molar-refractivity contribution in [1.82, 2.24) is 10.2 Å². The monoisotopic (exact) mass is 452 g/mol. The number of benzene rings is 2. The van der Waals surface area contributed by atoms with Crippen molar-refractivity contribution in [2.45, 2.75) is 78.6 Å². The number of hydrogen-bond acceptors (Lipinski definition) is 4. The summed E-state index contributed by atoms with van der Waals surface area (Å²) in [5, 5.41) is 3.62. The zero-order valence-corrected chi connectivity index (χ0v) is 21.3. The number of ether oxygens (including phenoxy) is 2. The number of carbonyl (C=O) groups is 1. The van der Waals surface area contributed by atoms with E-state index in [4.69, 9.17) is 9.47 Å². The largest absolute Gasteiger partial charge is 0.496 e. The molecule has 0 spiro atoms. The van der Waals surface area contributed by atoms with Crippen molar-refractivity contribution in [1.29, 1.82) is 0 Å². The van der Waals surface area contributed by atoms with Crippen LogP contribution in [0.3, 0.4) is 0 Å². The van der Waals surface area contributed by atoms with Gasteiger partial charge < -0.3 is 9.47 Å². The Hall–Kier alpha value is -2.53. The van der Waals surface area contributed by atoms with E-state index < -0.39 is 0 Å². The van der Waals surface area contributed by atoms with E-state index in [0.29, 0.717) is 13.2 Å². The van der Waals surface area contributed by atoms with Gasteiger partial charge in [-0.3, -0.25) is 10.2 Å². The number of nitrogens with one attached hydrogen (secondary N) is 1. The van der Waals surface area contributed by atoms with Gasteiger partial charge in [-0.05, 0) is 40.9 Å². The molecule has 2 aromatic rings. The van der Waals surface area contributed by atoms with Crippen LogP contribution >= 0.6 is 0 Å². The first kappa shape index (κ1) is 25.1. The highest BCUT2D eigenvalue weighted by Crippen LogP contribution is 2.36. The number of methoxy groups -OCH3 is 1. The molecule has 3 rings (SSSR count). The summed E-state index contributed by atoms with van der Waals surface area (Å²) in [5.41, 5.74) is 3.46. The zero-order chi connectivity index (χ0) is 24.2. The lowest BCUT2D eigenvalue weighted by Gasteiger charge is -2.32. The van der Waals surface area contributed by atoms with Crippen LogP contribution in [0.4, 0.5) is 4.79 Å². The van der Waals surface area contributed by atoms with Crippen LogP contribution in [0.15, 0.2) is 48.5 Å². The van der Waals surface area contributed by atoms with E-state index in [9.17, 15) is 4.79 Å². The second-order valence-corrected chi connectivity index (χ2v) is 11.2. The summed E-state index contributed by atoms with van der Waals surface area (Å²) < 4.78 is 11.4. The minimum absolute atomic E-state index is 0.000951. The highest BCUT2D eigenvalue weighted by molar-refractivity contribution is 5.69. The van der Waals surface area contributed by atoms with Crippen molar-refractivity contribution in [3.05, 3.63) is 65.2 Å². The number of rotatable bonds is 6. The lowest BCUT2D eigenvalue weighted by Crippen LogP contribution is -2.46. The molecule has 2 aromatic carbocycles. The normalized spacial score (nSPS) is 18.9. The van der Waals surface area contributed by atoms with Gasteiger partial charge in [0.1, 0.15) is 5.75 Å². The van der Waals surface area contributed by atoms with E-state index in [1.54, 1.807) is 7.11 Å². The summed E-state index contributed by atoms with van der Waals surface area (Å²) in [5.74, 6) is 0.856. The van der Waals surface area contributed by atoms with Crippen LogP contribution in [0, 0.1) is 5.41 Å². The molecule has 1 aliphatic rings. The first-order valence-corrected chi connectivity index (χ1v) is 11.9. The Labute approximate surface area is 199 Å². The Morgan fingerprint density at radius 2 is 1.73 bits per heavy atom.